The van der Waals surface area contributed by atoms with Crippen LogP contribution >= 0.6 is 11.6 Å². The van der Waals surface area contributed by atoms with Crippen molar-refractivity contribution in [1.29, 1.82) is 0 Å². The number of rotatable bonds is 4. The van der Waals surface area contributed by atoms with Gasteiger partial charge in [0.25, 0.3) is 0 Å². The van der Waals surface area contributed by atoms with Gasteiger partial charge in [-0.2, -0.15) is 0 Å². The molecule has 0 aliphatic carbocycles. The van der Waals surface area contributed by atoms with Gasteiger partial charge in [0.2, 0.25) is 0 Å². The van der Waals surface area contributed by atoms with Crippen LogP contribution in [0.25, 0.3) is 0 Å². The molecule has 90 valence electrons. The van der Waals surface area contributed by atoms with Crippen molar-refractivity contribution in [2.75, 3.05) is 0 Å². The van der Waals surface area contributed by atoms with Gasteiger partial charge < -0.3 is 4.57 Å². The number of hydrogen-bond acceptors (Lipinski definition) is 1. The summed E-state index contributed by atoms with van der Waals surface area (Å²) < 4.78 is 27.8. The first-order valence-corrected chi connectivity index (χ1v) is 5.72. The highest BCUT2D eigenvalue weighted by molar-refractivity contribution is 6.16. The molecule has 5 heteroatoms. The third kappa shape index (κ3) is 3.03. The molecule has 1 aromatic heterocycles. The summed E-state index contributed by atoms with van der Waals surface area (Å²) in [4.78, 5) is 3.97. The Labute approximate surface area is 103 Å². The third-order valence-corrected chi connectivity index (χ3v) is 2.77. The van der Waals surface area contributed by atoms with Crippen molar-refractivity contribution in [3.05, 3.63) is 53.6 Å². The highest BCUT2D eigenvalue weighted by Crippen LogP contribution is 2.11. The summed E-state index contributed by atoms with van der Waals surface area (Å²) in [7, 11) is 0. The average Bonchev–Trinajstić information content (AvgIpc) is 2.72. The van der Waals surface area contributed by atoms with Gasteiger partial charge in [0.1, 0.15) is 11.6 Å². The highest BCUT2D eigenvalue weighted by atomic mass is 35.5. The van der Waals surface area contributed by atoms with Crippen molar-refractivity contribution in [3.8, 4) is 0 Å². The molecule has 0 radical (unpaired) electrons. The molecular formula is C12H11ClF2N2. The van der Waals surface area contributed by atoms with Gasteiger partial charge in [0, 0.05) is 18.8 Å². The molecule has 2 aromatic rings. The zero-order chi connectivity index (χ0) is 12.3. The summed E-state index contributed by atoms with van der Waals surface area (Å²) in [5.74, 6) is -0.733. The van der Waals surface area contributed by atoms with Crippen LogP contribution in [0.5, 0.6) is 0 Å². The normalized spacial score (nSPS) is 10.8. The molecule has 0 spiro atoms. The summed E-state index contributed by atoms with van der Waals surface area (Å²) in [6.45, 7) is 0.602. The van der Waals surface area contributed by atoms with Crippen molar-refractivity contribution in [3.63, 3.8) is 0 Å². The molecule has 0 amide bonds. The quantitative estimate of drug-likeness (QED) is 0.769. The van der Waals surface area contributed by atoms with Crippen LogP contribution in [0, 0.1) is 11.6 Å². The van der Waals surface area contributed by atoms with Crippen LogP contribution in [0.4, 0.5) is 8.78 Å². The van der Waals surface area contributed by atoms with Crippen molar-refractivity contribution >= 4 is 11.6 Å². The Morgan fingerprint density at radius 2 is 1.88 bits per heavy atom. The van der Waals surface area contributed by atoms with E-state index in [9.17, 15) is 8.78 Å². The topological polar surface area (TPSA) is 17.8 Å². The molecule has 1 heterocycles. The fraction of sp³-hybridized carbons (Fsp3) is 0.250. The molecular weight excluding hydrogens is 246 g/mol. The molecule has 17 heavy (non-hydrogen) atoms. The van der Waals surface area contributed by atoms with Crippen molar-refractivity contribution in [1.82, 2.24) is 9.55 Å². The Balaban J connectivity index is 2.07. The second-order valence-corrected chi connectivity index (χ2v) is 4.01. The monoisotopic (exact) mass is 256 g/mol. The lowest BCUT2D eigenvalue weighted by molar-refractivity contribution is 0.576. The molecule has 2 nitrogen and oxygen atoms in total. The van der Waals surface area contributed by atoms with Crippen LogP contribution in [-0.4, -0.2) is 9.55 Å². The molecule has 0 unspecified atom stereocenters. The molecule has 0 bridgehead atoms. The van der Waals surface area contributed by atoms with E-state index in [0.29, 0.717) is 24.4 Å². The Bertz CT molecular complexity index is 491. The summed E-state index contributed by atoms with van der Waals surface area (Å²) in [5, 5.41) is 0. The number of halogens is 3. The molecule has 0 aliphatic rings. The lowest BCUT2D eigenvalue weighted by atomic mass is 10.1. The van der Waals surface area contributed by atoms with Crippen molar-refractivity contribution in [2.24, 2.45) is 0 Å². The Kier molecular flexibility index (Phi) is 3.74. The minimum absolute atomic E-state index is 0.373. The lowest BCUT2D eigenvalue weighted by Gasteiger charge is -2.06. The van der Waals surface area contributed by atoms with Crippen LogP contribution < -0.4 is 0 Å². The van der Waals surface area contributed by atoms with E-state index in [4.69, 9.17) is 11.6 Å². The van der Waals surface area contributed by atoms with E-state index in [-0.39, 0.29) is 0 Å². The van der Waals surface area contributed by atoms with Gasteiger partial charge in [0.05, 0.1) is 17.9 Å². The van der Waals surface area contributed by atoms with Crippen LogP contribution in [0.15, 0.2) is 30.7 Å². The fourth-order valence-corrected chi connectivity index (χ4v) is 1.89. The number of imidazole rings is 1. The maximum atomic E-state index is 13.0. The van der Waals surface area contributed by atoms with Crippen LogP contribution in [0.3, 0.4) is 0 Å². The van der Waals surface area contributed by atoms with E-state index in [1.54, 1.807) is 12.5 Å². The van der Waals surface area contributed by atoms with Gasteiger partial charge in [0.15, 0.2) is 0 Å². The lowest BCUT2D eigenvalue weighted by Crippen LogP contribution is -2.03. The van der Waals surface area contributed by atoms with E-state index in [2.05, 4.69) is 4.98 Å². The molecule has 1 aromatic carbocycles. The second-order valence-electron chi connectivity index (χ2n) is 3.74. The standard InChI is InChI=1S/C12H11ClF2N2/c13-6-12-7-16-8-17(12)2-1-9-3-10(14)5-11(15)4-9/h3-5,7-8H,1-2,6H2. The minimum atomic E-state index is -0.553. The molecule has 0 saturated carbocycles. The van der Waals surface area contributed by atoms with Gasteiger partial charge in [-0.25, -0.2) is 13.8 Å². The number of alkyl halides is 1. The van der Waals surface area contributed by atoms with Gasteiger partial charge in [-0.1, -0.05) is 0 Å². The predicted octanol–water partition coefficient (Wildman–Crippen LogP) is 3.14. The summed E-state index contributed by atoms with van der Waals surface area (Å²) in [5.41, 5.74) is 1.51. The van der Waals surface area contributed by atoms with E-state index >= 15 is 0 Å². The van der Waals surface area contributed by atoms with Crippen molar-refractivity contribution in [2.45, 2.75) is 18.8 Å². The first-order chi connectivity index (χ1) is 8.19. The molecule has 0 aliphatic heterocycles. The van der Waals surface area contributed by atoms with Gasteiger partial charge >= 0.3 is 0 Å². The fourth-order valence-electron chi connectivity index (χ4n) is 1.67. The van der Waals surface area contributed by atoms with Crippen LogP contribution in [0.1, 0.15) is 11.3 Å². The van der Waals surface area contributed by atoms with Crippen molar-refractivity contribution < 1.29 is 8.78 Å². The average molecular weight is 257 g/mol. The highest BCUT2D eigenvalue weighted by Gasteiger charge is 2.03. The number of benzene rings is 1. The zero-order valence-electron chi connectivity index (χ0n) is 9.04. The molecule has 0 atom stereocenters. The molecule has 2 rings (SSSR count). The SMILES string of the molecule is Fc1cc(F)cc(CCn2cncc2CCl)c1. The Morgan fingerprint density at radius 3 is 2.53 bits per heavy atom. The van der Waals surface area contributed by atoms with E-state index in [1.807, 2.05) is 4.57 Å². The van der Waals surface area contributed by atoms with Gasteiger partial charge in [-0.15, -0.1) is 11.6 Å². The van der Waals surface area contributed by atoms with E-state index < -0.39 is 11.6 Å². The van der Waals surface area contributed by atoms with E-state index in [1.165, 1.54) is 12.1 Å². The number of nitrogens with zero attached hydrogens (tertiary/aromatic N) is 2. The first kappa shape index (κ1) is 12.0. The largest absolute Gasteiger partial charge is 0.333 e. The maximum Gasteiger partial charge on any atom is 0.126 e. The zero-order valence-corrected chi connectivity index (χ0v) is 9.79. The van der Waals surface area contributed by atoms with Gasteiger partial charge in [-0.3, -0.25) is 0 Å². The molecule has 0 saturated heterocycles. The minimum Gasteiger partial charge on any atom is -0.333 e. The number of aromatic nitrogens is 2. The number of hydrogen-bond donors (Lipinski definition) is 0. The van der Waals surface area contributed by atoms with Crippen LogP contribution in [0.2, 0.25) is 0 Å². The molecule has 0 fully saturated rings. The summed E-state index contributed by atoms with van der Waals surface area (Å²) >= 11 is 5.72. The Hall–Kier alpha value is -1.42. The second kappa shape index (κ2) is 5.27. The predicted molar refractivity (Wildman–Crippen MR) is 61.8 cm³/mol. The smallest absolute Gasteiger partial charge is 0.126 e. The van der Waals surface area contributed by atoms with E-state index in [0.717, 1.165) is 11.8 Å². The molecule has 0 N–H and O–H groups in total. The summed E-state index contributed by atoms with van der Waals surface area (Å²) in [6, 6.07) is 3.53. The maximum absolute atomic E-state index is 13.0. The first-order valence-electron chi connectivity index (χ1n) is 5.19. The van der Waals surface area contributed by atoms with Crippen LogP contribution in [-0.2, 0) is 18.8 Å². The summed E-state index contributed by atoms with van der Waals surface area (Å²) in [6.07, 6.45) is 3.88. The third-order valence-electron chi connectivity index (χ3n) is 2.50. The van der Waals surface area contributed by atoms with Gasteiger partial charge in [-0.05, 0) is 24.1 Å². The Morgan fingerprint density at radius 1 is 1.18 bits per heavy atom. The number of aryl methyl sites for hydroxylation is 2.